The minimum Gasteiger partial charge on any atom is -0.462 e. The third-order valence-corrected chi connectivity index (χ3v) is 16.5. The largest absolute Gasteiger partial charge is 0.472 e. The van der Waals surface area contributed by atoms with Gasteiger partial charge in [-0.2, -0.15) is 0 Å². The molecule has 82 heavy (non-hydrogen) atoms. The number of aliphatic hydroxyl groups excluding tert-OH is 1. The van der Waals surface area contributed by atoms with E-state index in [0.29, 0.717) is 25.7 Å². The van der Waals surface area contributed by atoms with Crippen molar-refractivity contribution in [2.45, 2.75) is 341 Å². The van der Waals surface area contributed by atoms with Crippen LogP contribution in [0.25, 0.3) is 0 Å². The van der Waals surface area contributed by atoms with Crippen molar-refractivity contribution in [2.75, 3.05) is 39.6 Å². The van der Waals surface area contributed by atoms with Gasteiger partial charge in [0.25, 0.3) is 0 Å². The number of carbonyl (C=O) groups excluding carboxylic acids is 4. The number of esters is 4. The Morgan fingerprint density at radius 2 is 0.488 bits per heavy atom. The third-order valence-electron chi connectivity index (χ3n) is 14.6. The van der Waals surface area contributed by atoms with Gasteiger partial charge in [-0.3, -0.25) is 37.3 Å². The van der Waals surface area contributed by atoms with Gasteiger partial charge < -0.3 is 33.8 Å². The molecule has 486 valence electrons. The summed E-state index contributed by atoms with van der Waals surface area (Å²) in [7, 11) is -9.87. The summed E-state index contributed by atoms with van der Waals surface area (Å²) >= 11 is 0. The maximum atomic E-state index is 12.9. The van der Waals surface area contributed by atoms with Crippen molar-refractivity contribution in [3.8, 4) is 0 Å². The van der Waals surface area contributed by atoms with Crippen LogP contribution in [0.1, 0.15) is 323 Å². The number of hydrogen-bond donors (Lipinski definition) is 3. The Hall–Kier alpha value is -1.94. The van der Waals surface area contributed by atoms with Crippen LogP contribution in [0, 0.1) is 0 Å². The molecule has 0 radical (unpaired) electrons. The molecular formula is C63H122O17P2. The summed E-state index contributed by atoms with van der Waals surface area (Å²) in [6, 6.07) is 0. The van der Waals surface area contributed by atoms with Crippen LogP contribution in [0.5, 0.6) is 0 Å². The van der Waals surface area contributed by atoms with Gasteiger partial charge in [0.15, 0.2) is 12.2 Å². The van der Waals surface area contributed by atoms with Crippen LogP contribution in [-0.4, -0.2) is 96.7 Å². The quantitative estimate of drug-likeness (QED) is 0.0222. The molecule has 0 heterocycles. The van der Waals surface area contributed by atoms with E-state index in [-0.39, 0.29) is 25.7 Å². The number of hydrogen-bond acceptors (Lipinski definition) is 15. The SMILES string of the molecule is CCCCCCCCCCCCCCCCCCCCCCC(=O)O[C@H](COC(=O)CCCCCCCCCC)COP(=O)(O)OC[C@@H](O)COP(=O)(O)OC[C@@H](COC(=O)CCCCCCCCC)OC(=O)CCCCCCCCC. The number of unbranched alkanes of at least 4 members (excludes halogenated alkanes) is 38. The molecule has 0 bridgehead atoms. The van der Waals surface area contributed by atoms with Gasteiger partial charge in [-0.15, -0.1) is 0 Å². The van der Waals surface area contributed by atoms with Gasteiger partial charge in [-0.25, -0.2) is 9.13 Å². The van der Waals surface area contributed by atoms with Crippen LogP contribution in [0.15, 0.2) is 0 Å². The average Bonchev–Trinajstić information content (AvgIpc) is 3.45. The number of ether oxygens (including phenoxy) is 4. The molecule has 0 fully saturated rings. The van der Waals surface area contributed by atoms with E-state index in [1.54, 1.807) is 0 Å². The number of rotatable bonds is 64. The lowest BCUT2D eigenvalue weighted by Gasteiger charge is -2.21. The number of aliphatic hydroxyl groups is 1. The lowest BCUT2D eigenvalue weighted by Crippen LogP contribution is -2.30. The molecule has 0 spiro atoms. The van der Waals surface area contributed by atoms with E-state index in [4.69, 9.17) is 37.0 Å². The maximum absolute atomic E-state index is 12.9. The molecule has 17 nitrogen and oxygen atoms in total. The van der Waals surface area contributed by atoms with Gasteiger partial charge in [-0.1, -0.05) is 272 Å². The highest BCUT2D eigenvalue weighted by Crippen LogP contribution is 2.45. The van der Waals surface area contributed by atoms with Gasteiger partial charge in [0.1, 0.15) is 19.3 Å². The molecule has 0 amide bonds. The molecule has 0 saturated heterocycles. The third kappa shape index (κ3) is 57.2. The second-order valence-corrected chi connectivity index (χ2v) is 25.7. The minimum atomic E-state index is -4.94. The molecule has 0 aromatic heterocycles. The van der Waals surface area contributed by atoms with Gasteiger partial charge in [-0.05, 0) is 25.7 Å². The summed E-state index contributed by atoms with van der Waals surface area (Å²) in [6.07, 6.45) is 43.6. The molecule has 2 unspecified atom stereocenters. The zero-order valence-corrected chi connectivity index (χ0v) is 54.2. The number of phosphoric ester groups is 2. The molecular weight excluding hydrogens is 1090 g/mol. The smallest absolute Gasteiger partial charge is 0.462 e. The second kappa shape index (κ2) is 58.1. The van der Waals surface area contributed by atoms with Crippen LogP contribution in [0.4, 0.5) is 0 Å². The predicted octanol–water partition coefficient (Wildman–Crippen LogP) is 17.5. The highest BCUT2D eigenvalue weighted by Gasteiger charge is 2.30. The van der Waals surface area contributed by atoms with Gasteiger partial charge in [0, 0.05) is 25.7 Å². The van der Waals surface area contributed by atoms with E-state index >= 15 is 0 Å². The van der Waals surface area contributed by atoms with Crippen molar-refractivity contribution in [2.24, 2.45) is 0 Å². The summed E-state index contributed by atoms with van der Waals surface area (Å²) in [6.45, 7) is 4.77. The monoisotopic (exact) mass is 1210 g/mol. The Kier molecular flexibility index (Phi) is 56.7. The van der Waals surface area contributed by atoms with E-state index in [1.165, 1.54) is 122 Å². The topological polar surface area (TPSA) is 237 Å². The number of carbonyl (C=O) groups is 4. The number of phosphoric acid groups is 2. The van der Waals surface area contributed by atoms with Crippen molar-refractivity contribution >= 4 is 39.5 Å². The lowest BCUT2D eigenvalue weighted by atomic mass is 10.0. The van der Waals surface area contributed by atoms with E-state index < -0.39 is 97.5 Å². The Morgan fingerprint density at radius 3 is 0.720 bits per heavy atom. The molecule has 0 aliphatic heterocycles. The molecule has 3 N–H and O–H groups in total. The minimum absolute atomic E-state index is 0.104. The van der Waals surface area contributed by atoms with Crippen LogP contribution in [-0.2, 0) is 65.4 Å². The van der Waals surface area contributed by atoms with Crippen LogP contribution < -0.4 is 0 Å². The molecule has 0 aromatic carbocycles. The zero-order chi connectivity index (χ0) is 60.5. The molecule has 0 rings (SSSR count). The van der Waals surface area contributed by atoms with E-state index in [1.807, 2.05) is 0 Å². The summed E-state index contributed by atoms with van der Waals surface area (Å²) < 4.78 is 67.7. The van der Waals surface area contributed by atoms with Crippen molar-refractivity contribution in [3.05, 3.63) is 0 Å². The molecule has 19 heteroatoms. The first-order valence-corrected chi connectivity index (χ1v) is 36.3. The fourth-order valence-electron chi connectivity index (χ4n) is 9.46. The molecule has 0 aliphatic carbocycles. The van der Waals surface area contributed by atoms with Gasteiger partial charge in [0.2, 0.25) is 0 Å². The Balaban J connectivity index is 5.05. The van der Waals surface area contributed by atoms with Crippen molar-refractivity contribution in [1.29, 1.82) is 0 Å². The average molecular weight is 1210 g/mol. The molecule has 0 aliphatic rings. The first kappa shape index (κ1) is 80.1. The van der Waals surface area contributed by atoms with Gasteiger partial charge in [0.05, 0.1) is 26.4 Å². The fraction of sp³-hybridized carbons (Fsp3) is 0.937. The van der Waals surface area contributed by atoms with Crippen LogP contribution >= 0.6 is 15.6 Å². The van der Waals surface area contributed by atoms with E-state index in [9.17, 15) is 43.2 Å². The van der Waals surface area contributed by atoms with Gasteiger partial charge >= 0.3 is 39.5 Å². The summed E-state index contributed by atoms with van der Waals surface area (Å²) in [5.41, 5.74) is 0. The highest BCUT2D eigenvalue weighted by atomic mass is 31.2. The van der Waals surface area contributed by atoms with Crippen molar-refractivity contribution in [3.63, 3.8) is 0 Å². The Bertz CT molecular complexity index is 1590. The molecule has 0 aromatic rings. The second-order valence-electron chi connectivity index (χ2n) is 22.8. The van der Waals surface area contributed by atoms with E-state index in [0.717, 1.165) is 122 Å². The highest BCUT2D eigenvalue weighted by molar-refractivity contribution is 7.47. The first-order chi connectivity index (χ1) is 39.7. The van der Waals surface area contributed by atoms with Crippen LogP contribution in [0.2, 0.25) is 0 Å². The van der Waals surface area contributed by atoms with E-state index in [2.05, 4.69) is 27.7 Å². The molecule has 5 atom stereocenters. The molecule has 0 saturated carbocycles. The summed E-state index contributed by atoms with van der Waals surface area (Å²) in [5.74, 6) is -2.15. The summed E-state index contributed by atoms with van der Waals surface area (Å²) in [5, 5.41) is 10.5. The normalized spacial score (nSPS) is 14.2. The lowest BCUT2D eigenvalue weighted by molar-refractivity contribution is -0.161. The first-order valence-electron chi connectivity index (χ1n) is 33.3. The zero-order valence-electron chi connectivity index (χ0n) is 52.5. The van der Waals surface area contributed by atoms with Crippen molar-refractivity contribution < 1.29 is 80.2 Å². The Labute approximate surface area is 498 Å². The summed E-state index contributed by atoms with van der Waals surface area (Å²) in [4.78, 5) is 71.8. The predicted molar refractivity (Wildman–Crippen MR) is 326 cm³/mol. The maximum Gasteiger partial charge on any atom is 0.472 e. The Morgan fingerprint density at radius 1 is 0.293 bits per heavy atom. The standard InChI is InChI=1S/C63H122O17P2/c1-5-9-13-17-21-23-24-25-26-27-28-29-30-31-32-33-34-38-42-46-50-63(68)80-59(54-74-61(66)48-44-40-37-22-18-14-10-6-2)56-78-82(71,72)76-52-57(64)51-75-81(69,70)77-55-58(79-62(67)49-45-41-36-20-16-12-8-4)53-73-60(65)47-43-39-35-19-15-11-7-3/h57-59,64H,5-56H2,1-4H3,(H,69,70)(H,71,72)/t57-,58+,59+/m0/s1. The fourth-order valence-corrected chi connectivity index (χ4v) is 11.0. The van der Waals surface area contributed by atoms with Crippen molar-refractivity contribution in [1.82, 2.24) is 0 Å². The van der Waals surface area contributed by atoms with Crippen LogP contribution in [0.3, 0.4) is 0 Å².